The van der Waals surface area contributed by atoms with Gasteiger partial charge in [-0.05, 0) is 19.9 Å². The number of aliphatic carboxylic acids is 1. The molecule has 1 fully saturated rings. The van der Waals surface area contributed by atoms with E-state index in [1.54, 1.807) is 0 Å². The fourth-order valence-electron chi connectivity index (χ4n) is 1.99. The molecule has 1 heterocycles. The van der Waals surface area contributed by atoms with Gasteiger partial charge in [-0.2, -0.15) is 0 Å². The fourth-order valence-corrected chi connectivity index (χ4v) is 1.99. The predicted molar refractivity (Wildman–Crippen MR) is 67.6 cm³/mol. The standard InChI is InChI=1S/C12H22N2O5/c1-3-4-13-9-6-19-5-8(9)11(16)14-10(7(2)15)12(17)18/h7-10,13,15H,3-6H2,1-2H3,(H,14,16)(H,17,18)/t7-,8?,9?,10+/m1/s1. The van der Waals surface area contributed by atoms with Crippen LogP contribution in [0.1, 0.15) is 20.3 Å². The third-order valence-electron chi connectivity index (χ3n) is 3.12. The minimum Gasteiger partial charge on any atom is -0.480 e. The second-order valence-corrected chi connectivity index (χ2v) is 4.77. The predicted octanol–water partition coefficient (Wildman–Crippen LogP) is -1.05. The minimum absolute atomic E-state index is 0.108. The molecule has 7 heteroatoms. The van der Waals surface area contributed by atoms with Gasteiger partial charge in [0, 0.05) is 6.04 Å². The molecule has 2 unspecified atom stereocenters. The molecule has 0 aromatic rings. The molecule has 0 aromatic carbocycles. The molecule has 0 radical (unpaired) electrons. The molecule has 1 saturated heterocycles. The van der Waals surface area contributed by atoms with Crippen molar-refractivity contribution in [2.75, 3.05) is 19.8 Å². The number of aliphatic hydroxyl groups is 1. The van der Waals surface area contributed by atoms with Gasteiger partial charge in [0.05, 0.1) is 25.2 Å². The number of carboxylic acid groups (broad SMARTS) is 1. The molecule has 0 aliphatic carbocycles. The molecule has 7 nitrogen and oxygen atoms in total. The lowest BCUT2D eigenvalue weighted by Gasteiger charge is -2.22. The van der Waals surface area contributed by atoms with Crippen LogP contribution in [0.2, 0.25) is 0 Å². The van der Waals surface area contributed by atoms with E-state index in [4.69, 9.17) is 9.84 Å². The zero-order chi connectivity index (χ0) is 14.4. The molecule has 0 bridgehead atoms. The first-order chi connectivity index (χ1) is 8.97. The van der Waals surface area contributed by atoms with E-state index in [0.29, 0.717) is 6.61 Å². The van der Waals surface area contributed by atoms with Crippen molar-refractivity contribution in [1.29, 1.82) is 0 Å². The van der Waals surface area contributed by atoms with Crippen molar-refractivity contribution in [3.8, 4) is 0 Å². The second-order valence-electron chi connectivity index (χ2n) is 4.77. The van der Waals surface area contributed by atoms with Crippen molar-refractivity contribution in [3.05, 3.63) is 0 Å². The fraction of sp³-hybridized carbons (Fsp3) is 0.833. The lowest BCUT2D eigenvalue weighted by atomic mass is 10.0. The lowest BCUT2D eigenvalue weighted by molar-refractivity contribution is -0.145. The lowest BCUT2D eigenvalue weighted by Crippen LogP contribution is -2.52. The molecular formula is C12H22N2O5. The van der Waals surface area contributed by atoms with Crippen LogP contribution >= 0.6 is 0 Å². The SMILES string of the molecule is CCCNC1COCC1C(=O)N[C@H](C(=O)O)[C@@H](C)O. The average Bonchev–Trinajstić information content (AvgIpc) is 2.80. The summed E-state index contributed by atoms with van der Waals surface area (Å²) >= 11 is 0. The Morgan fingerprint density at radius 3 is 2.63 bits per heavy atom. The largest absolute Gasteiger partial charge is 0.480 e. The summed E-state index contributed by atoms with van der Waals surface area (Å²) in [6.07, 6.45) is -0.207. The highest BCUT2D eigenvalue weighted by Crippen LogP contribution is 2.14. The maximum Gasteiger partial charge on any atom is 0.328 e. The maximum absolute atomic E-state index is 12.0. The van der Waals surface area contributed by atoms with Crippen LogP contribution in [0.4, 0.5) is 0 Å². The number of hydrogen-bond donors (Lipinski definition) is 4. The highest BCUT2D eigenvalue weighted by Gasteiger charge is 2.36. The van der Waals surface area contributed by atoms with Gasteiger partial charge >= 0.3 is 5.97 Å². The van der Waals surface area contributed by atoms with Gasteiger partial charge in [0.1, 0.15) is 0 Å². The molecule has 0 spiro atoms. The van der Waals surface area contributed by atoms with E-state index < -0.39 is 29.9 Å². The number of aliphatic hydroxyl groups excluding tert-OH is 1. The Morgan fingerprint density at radius 1 is 1.42 bits per heavy atom. The summed E-state index contributed by atoms with van der Waals surface area (Å²) in [7, 11) is 0. The van der Waals surface area contributed by atoms with Gasteiger partial charge in [0.2, 0.25) is 5.91 Å². The third-order valence-corrected chi connectivity index (χ3v) is 3.12. The number of nitrogens with one attached hydrogen (secondary N) is 2. The summed E-state index contributed by atoms with van der Waals surface area (Å²) in [5.74, 6) is -2.08. The van der Waals surface area contributed by atoms with Crippen LogP contribution in [0.5, 0.6) is 0 Å². The van der Waals surface area contributed by atoms with E-state index in [-0.39, 0.29) is 12.6 Å². The summed E-state index contributed by atoms with van der Waals surface area (Å²) in [6, 6.07) is -1.40. The van der Waals surface area contributed by atoms with Crippen LogP contribution in [-0.4, -0.2) is 60.0 Å². The first-order valence-electron chi connectivity index (χ1n) is 6.49. The van der Waals surface area contributed by atoms with E-state index >= 15 is 0 Å². The van der Waals surface area contributed by atoms with E-state index in [1.165, 1.54) is 6.92 Å². The molecule has 1 aliphatic rings. The highest BCUT2D eigenvalue weighted by molar-refractivity contribution is 5.86. The van der Waals surface area contributed by atoms with E-state index in [2.05, 4.69) is 10.6 Å². The van der Waals surface area contributed by atoms with Crippen LogP contribution in [0.15, 0.2) is 0 Å². The number of amides is 1. The van der Waals surface area contributed by atoms with Crippen molar-refractivity contribution in [1.82, 2.24) is 10.6 Å². The van der Waals surface area contributed by atoms with Crippen molar-refractivity contribution in [2.45, 2.75) is 38.5 Å². The number of carboxylic acids is 1. The molecular weight excluding hydrogens is 252 g/mol. The summed E-state index contributed by atoms with van der Waals surface area (Å²) < 4.78 is 5.26. The second kappa shape index (κ2) is 7.42. The van der Waals surface area contributed by atoms with Crippen molar-refractivity contribution < 1.29 is 24.5 Å². The Morgan fingerprint density at radius 2 is 2.11 bits per heavy atom. The zero-order valence-electron chi connectivity index (χ0n) is 11.3. The molecule has 110 valence electrons. The Labute approximate surface area is 112 Å². The smallest absolute Gasteiger partial charge is 0.328 e. The summed E-state index contributed by atoms with van der Waals surface area (Å²) in [6.45, 7) is 4.82. The Bertz CT molecular complexity index is 321. The van der Waals surface area contributed by atoms with Crippen LogP contribution in [0.25, 0.3) is 0 Å². The van der Waals surface area contributed by atoms with Gasteiger partial charge in [-0.15, -0.1) is 0 Å². The van der Waals surface area contributed by atoms with E-state index in [0.717, 1.165) is 13.0 Å². The summed E-state index contributed by atoms with van der Waals surface area (Å²) in [4.78, 5) is 23.0. The Hall–Kier alpha value is -1.18. The molecule has 1 aliphatic heterocycles. The van der Waals surface area contributed by atoms with Crippen molar-refractivity contribution in [2.24, 2.45) is 5.92 Å². The van der Waals surface area contributed by atoms with Crippen LogP contribution in [0.3, 0.4) is 0 Å². The van der Waals surface area contributed by atoms with Gasteiger partial charge in [0.25, 0.3) is 0 Å². The third kappa shape index (κ3) is 4.45. The molecule has 4 atom stereocenters. The number of hydrogen-bond acceptors (Lipinski definition) is 5. The van der Waals surface area contributed by atoms with Crippen LogP contribution < -0.4 is 10.6 Å². The average molecular weight is 274 g/mol. The number of rotatable bonds is 7. The van der Waals surface area contributed by atoms with Gasteiger partial charge < -0.3 is 25.6 Å². The normalized spacial score (nSPS) is 25.8. The van der Waals surface area contributed by atoms with Crippen LogP contribution in [0, 0.1) is 5.92 Å². The zero-order valence-corrected chi connectivity index (χ0v) is 11.3. The van der Waals surface area contributed by atoms with E-state index in [9.17, 15) is 14.7 Å². The Balaban J connectivity index is 2.58. The van der Waals surface area contributed by atoms with Gasteiger partial charge in [-0.25, -0.2) is 4.79 Å². The monoisotopic (exact) mass is 274 g/mol. The molecule has 1 amide bonds. The molecule has 4 N–H and O–H groups in total. The van der Waals surface area contributed by atoms with Gasteiger partial charge in [0.15, 0.2) is 6.04 Å². The highest BCUT2D eigenvalue weighted by atomic mass is 16.5. The molecule has 0 aromatic heterocycles. The first kappa shape index (κ1) is 15.9. The van der Waals surface area contributed by atoms with Gasteiger partial charge in [-0.1, -0.05) is 6.92 Å². The first-order valence-corrected chi connectivity index (χ1v) is 6.49. The van der Waals surface area contributed by atoms with E-state index in [1.807, 2.05) is 6.92 Å². The molecule has 19 heavy (non-hydrogen) atoms. The summed E-state index contributed by atoms with van der Waals surface area (Å²) in [5, 5.41) is 23.8. The van der Waals surface area contributed by atoms with Crippen molar-refractivity contribution in [3.63, 3.8) is 0 Å². The van der Waals surface area contributed by atoms with Gasteiger partial charge in [-0.3, -0.25) is 4.79 Å². The quantitative estimate of drug-likeness (QED) is 0.472. The number of ether oxygens (including phenoxy) is 1. The summed E-state index contributed by atoms with van der Waals surface area (Å²) in [5.41, 5.74) is 0. The maximum atomic E-state index is 12.0. The number of carbonyl (C=O) groups excluding carboxylic acids is 1. The van der Waals surface area contributed by atoms with Crippen LogP contribution in [-0.2, 0) is 14.3 Å². The van der Waals surface area contributed by atoms with Crippen molar-refractivity contribution >= 4 is 11.9 Å². The molecule has 0 saturated carbocycles. The number of carbonyl (C=O) groups is 2. The topological polar surface area (TPSA) is 108 Å². The minimum atomic E-state index is -1.29. The molecule has 1 rings (SSSR count). The Kier molecular flexibility index (Phi) is 6.20.